The van der Waals surface area contributed by atoms with E-state index in [0.29, 0.717) is 11.1 Å². The van der Waals surface area contributed by atoms with E-state index in [0.717, 1.165) is 0 Å². The SMILES string of the molecule is CCOC(=O)C=C(C)c1cc(-c2ncccc2F)c(N)c([N+](=O)[O-])c1. The largest absolute Gasteiger partial charge is 0.463 e. The maximum Gasteiger partial charge on any atom is 0.331 e. The van der Waals surface area contributed by atoms with Crippen molar-refractivity contribution in [1.29, 1.82) is 0 Å². The number of nitrogens with zero attached hydrogens (tertiary/aromatic N) is 2. The van der Waals surface area contributed by atoms with Crippen LogP contribution < -0.4 is 5.73 Å². The smallest absolute Gasteiger partial charge is 0.331 e. The van der Waals surface area contributed by atoms with Crippen LogP contribution in [0.4, 0.5) is 15.8 Å². The molecule has 1 heterocycles. The summed E-state index contributed by atoms with van der Waals surface area (Å²) in [5, 5.41) is 11.3. The first-order valence-electron chi connectivity index (χ1n) is 7.39. The van der Waals surface area contributed by atoms with Crippen LogP contribution in [0.3, 0.4) is 0 Å². The van der Waals surface area contributed by atoms with Gasteiger partial charge in [0, 0.05) is 23.9 Å². The number of nitro groups is 1. The summed E-state index contributed by atoms with van der Waals surface area (Å²) in [4.78, 5) is 26.1. The van der Waals surface area contributed by atoms with Crippen LogP contribution in [0.25, 0.3) is 16.8 Å². The van der Waals surface area contributed by atoms with Crippen LogP contribution in [0.2, 0.25) is 0 Å². The molecule has 2 rings (SSSR count). The molecular weight excluding hydrogens is 329 g/mol. The maximum absolute atomic E-state index is 14.1. The van der Waals surface area contributed by atoms with Gasteiger partial charge < -0.3 is 10.5 Å². The number of carbonyl (C=O) groups excluding carboxylic acids is 1. The third-order valence-corrected chi connectivity index (χ3v) is 3.44. The normalized spacial score (nSPS) is 11.2. The van der Waals surface area contributed by atoms with E-state index in [1.54, 1.807) is 13.8 Å². The van der Waals surface area contributed by atoms with E-state index in [9.17, 15) is 19.3 Å². The van der Waals surface area contributed by atoms with Gasteiger partial charge in [0.1, 0.15) is 17.2 Å². The molecule has 2 aromatic rings. The highest BCUT2D eigenvalue weighted by Crippen LogP contribution is 2.36. The monoisotopic (exact) mass is 345 g/mol. The summed E-state index contributed by atoms with van der Waals surface area (Å²) in [5.74, 6) is -1.24. The van der Waals surface area contributed by atoms with E-state index in [2.05, 4.69) is 4.98 Å². The molecule has 0 unspecified atom stereocenters. The molecule has 1 aromatic heterocycles. The van der Waals surface area contributed by atoms with E-state index < -0.39 is 22.4 Å². The molecule has 25 heavy (non-hydrogen) atoms. The predicted octanol–water partition coefficient (Wildman–Crippen LogP) is 3.34. The molecule has 0 spiro atoms. The van der Waals surface area contributed by atoms with Crippen LogP contribution in [0.1, 0.15) is 19.4 Å². The standard InChI is InChI=1S/C17H16FN3O4/c1-3-25-15(22)7-10(2)11-8-12(16(19)14(9-11)21(23)24)17-13(18)5-4-6-20-17/h4-9H,3,19H2,1-2H3. The number of pyridine rings is 1. The number of benzene rings is 1. The van der Waals surface area contributed by atoms with Crippen LogP contribution in [0.5, 0.6) is 0 Å². The number of hydrogen-bond donors (Lipinski definition) is 1. The van der Waals surface area contributed by atoms with Crippen molar-refractivity contribution in [3.05, 3.63) is 58.0 Å². The van der Waals surface area contributed by atoms with Crippen LogP contribution in [-0.2, 0) is 9.53 Å². The van der Waals surface area contributed by atoms with Gasteiger partial charge in [0.2, 0.25) is 0 Å². The highest BCUT2D eigenvalue weighted by molar-refractivity contribution is 5.93. The Hall–Kier alpha value is -3.29. The molecule has 2 N–H and O–H groups in total. The summed E-state index contributed by atoms with van der Waals surface area (Å²) in [6.07, 6.45) is 2.56. The average molecular weight is 345 g/mol. The van der Waals surface area contributed by atoms with Gasteiger partial charge in [0.25, 0.3) is 5.69 Å². The predicted molar refractivity (Wildman–Crippen MR) is 91.0 cm³/mol. The Labute approximate surface area is 143 Å². The van der Waals surface area contributed by atoms with E-state index in [4.69, 9.17) is 10.5 Å². The number of hydrogen-bond acceptors (Lipinski definition) is 6. The van der Waals surface area contributed by atoms with Crippen LogP contribution >= 0.6 is 0 Å². The van der Waals surface area contributed by atoms with Gasteiger partial charge in [-0.05, 0) is 43.2 Å². The van der Waals surface area contributed by atoms with Crippen molar-refractivity contribution in [2.45, 2.75) is 13.8 Å². The number of halogens is 1. The Morgan fingerprint density at radius 2 is 2.20 bits per heavy atom. The third kappa shape index (κ3) is 3.97. The molecule has 0 aliphatic heterocycles. The minimum atomic E-state index is -0.666. The first-order valence-corrected chi connectivity index (χ1v) is 7.39. The van der Waals surface area contributed by atoms with E-state index in [-0.39, 0.29) is 23.6 Å². The van der Waals surface area contributed by atoms with Gasteiger partial charge in [-0.1, -0.05) is 0 Å². The number of carbonyl (C=O) groups is 1. The molecule has 7 nitrogen and oxygen atoms in total. The fourth-order valence-corrected chi connectivity index (χ4v) is 2.24. The van der Waals surface area contributed by atoms with Crippen molar-refractivity contribution in [3.8, 4) is 11.3 Å². The summed E-state index contributed by atoms with van der Waals surface area (Å²) < 4.78 is 18.9. The molecule has 0 bridgehead atoms. The number of nitrogens with two attached hydrogens (primary N) is 1. The van der Waals surface area contributed by atoms with Crippen LogP contribution in [0.15, 0.2) is 36.5 Å². The Bertz CT molecular complexity index is 865. The minimum Gasteiger partial charge on any atom is -0.463 e. The fourth-order valence-electron chi connectivity index (χ4n) is 2.24. The second-order valence-corrected chi connectivity index (χ2v) is 5.13. The Morgan fingerprint density at radius 3 is 2.80 bits per heavy atom. The van der Waals surface area contributed by atoms with Gasteiger partial charge in [-0.25, -0.2) is 9.18 Å². The molecule has 0 aliphatic rings. The topological polar surface area (TPSA) is 108 Å². The molecule has 0 radical (unpaired) electrons. The molecule has 8 heteroatoms. The van der Waals surface area contributed by atoms with Gasteiger partial charge in [0.05, 0.1) is 11.5 Å². The maximum atomic E-state index is 14.1. The number of anilines is 1. The molecule has 0 atom stereocenters. The Kier molecular flexibility index (Phi) is 5.43. The number of nitro benzene ring substituents is 1. The summed E-state index contributed by atoms with van der Waals surface area (Å²) in [7, 11) is 0. The third-order valence-electron chi connectivity index (χ3n) is 3.44. The van der Waals surface area contributed by atoms with E-state index in [1.807, 2.05) is 0 Å². The van der Waals surface area contributed by atoms with Gasteiger partial charge in [-0.3, -0.25) is 15.1 Å². The van der Waals surface area contributed by atoms with Gasteiger partial charge >= 0.3 is 5.97 Å². The van der Waals surface area contributed by atoms with E-state index >= 15 is 0 Å². The lowest BCUT2D eigenvalue weighted by molar-refractivity contribution is -0.383. The number of aromatic nitrogens is 1. The number of rotatable bonds is 5. The quantitative estimate of drug-likeness (QED) is 0.293. The molecule has 0 saturated heterocycles. The Morgan fingerprint density at radius 1 is 1.48 bits per heavy atom. The van der Waals surface area contributed by atoms with Crippen molar-refractivity contribution in [2.24, 2.45) is 0 Å². The van der Waals surface area contributed by atoms with Crippen molar-refractivity contribution >= 4 is 22.9 Å². The first-order chi connectivity index (χ1) is 11.8. The number of ether oxygens (including phenoxy) is 1. The van der Waals surface area contributed by atoms with Crippen LogP contribution in [0, 0.1) is 15.9 Å². The lowest BCUT2D eigenvalue weighted by Gasteiger charge is -2.10. The summed E-state index contributed by atoms with van der Waals surface area (Å²) in [6.45, 7) is 3.46. The fraction of sp³-hybridized carbons (Fsp3) is 0.176. The molecule has 0 fully saturated rings. The lowest BCUT2D eigenvalue weighted by atomic mass is 9.99. The molecular formula is C17H16FN3O4. The van der Waals surface area contributed by atoms with Crippen molar-refractivity contribution in [2.75, 3.05) is 12.3 Å². The number of nitrogen functional groups attached to an aromatic ring is 1. The molecule has 0 amide bonds. The molecule has 1 aromatic carbocycles. The van der Waals surface area contributed by atoms with Crippen molar-refractivity contribution in [1.82, 2.24) is 4.98 Å². The molecule has 0 saturated carbocycles. The highest BCUT2D eigenvalue weighted by atomic mass is 19.1. The second-order valence-electron chi connectivity index (χ2n) is 5.13. The summed E-state index contributed by atoms with van der Waals surface area (Å²) >= 11 is 0. The zero-order chi connectivity index (χ0) is 18.6. The van der Waals surface area contributed by atoms with E-state index in [1.165, 1.54) is 36.5 Å². The average Bonchev–Trinajstić information content (AvgIpc) is 2.55. The van der Waals surface area contributed by atoms with Crippen molar-refractivity contribution < 1.29 is 18.8 Å². The zero-order valence-electron chi connectivity index (χ0n) is 13.7. The van der Waals surface area contributed by atoms with Crippen molar-refractivity contribution in [3.63, 3.8) is 0 Å². The summed E-state index contributed by atoms with van der Waals surface area (Å²) in [5.41, 5.74) is 5.99. The zero-order valence-corrected chi connectivity index (χ0v) is 13.7. The Balaban J connectivity index is 2.66. The van der Waals surface area contributed by atoms with Gasteiger partial charge in [-0.2, -0.15) is 0 Å². The minimum absolute atomic E-state index is 0.0823. The molecule has 0 aliphatic carbocycles. The molecule has 130 valence electrons. The van der Waals surface area contributed by atoms with Gasteiger partial charge in [0.15, 0.2) is 0 Å². The second kappa shape index (κ2) is 7.52. The van der Waals surface area contributed by atoms with Crippen LogP contribution in [-0.4, -0.2) is 22.5 Å². The number of allylic oxidation sites excluding steroid dienone is 1. The van der Waals surface area contributed by atoms with Gasteiger partial charge in [-0.15, -0.1) is 0 Å². The summed E-state index contributed by atoms with van der Waals surface area (Å²) in [6, 6.07) is 5.27. The highest BCUT2D eigenvalue weighted by Gasteiger charge is 2.21. The lowest BCUT2D eigenvalue weighted by Crippen LogP contribution is -2.03. The first kappa shape index (κ1) is 18.1. The number of esters is 1.